The summed E-state index contributed by atoms with van der Waals surface area (Å²) in [6.07, 6.45) is 3.12. The molecule has 0 heterocycles. The monoisotopic (exact) mass is 221 g/mol. The Morgan fingerprint density at radius 3 is 2.81 bits per heavy atom. The zero-order valence-corrected chi connectivity index (χ0v) is 9.45. The van der Waals surface area contributed by atoms with Crippen molar-refractivity contribution in [1.29, 1.82) is 0 Å². The molecular weight excluding hydrogens is 205 g/mol. The summed E-state index contributed by atoms with van der Waals surface area (Å²) in [5, 5.41) is 0. The number of hydrogen-bond donors (Lipinski definition) is 0. The van der Waals surface area contributed by atoms with Gasteiger partial charge in [0.25, 0.3) is 0 Å². The molecule has 0 radical (unpaired) electrons. The van der Waals surface area contributed by atoms with Gasteiger partial charge in [-0.25, -0.2) is 4.39 Å². The molecule has 16 heavy (non-hydrogen) atoms. The zero-order valence-electron chi connectivity index (χ0n) is 9.45. The van der Waals surface area contributed by atoms with E-state index in [9.17, 15) is 9.18 Å². The first kappa shape index (κ1) is 11.1. The Morgan fingerprint density at radius 1 is 1.50 bits per heavy atom. The van der Waals surface area contributed by atoms with Gasteiger partial charge in [0.2, 0.25) is 0 Å². The Bertz CT molecular complexity index is 388. The first-order valence-electron chi connectivity index (χ1n) is 5.75. The Hall–Kier alpha value is -1.38. The predicted molar refractivity (Wildman–Crippen MR) is 62.4 cm³/mol. The van der Waals surface area contributed by atoms with Gasteiger partial charge in [-0.1, -0.05) is 6.07 Å². The zero-order chi connectivity index (χ0) is 11.5. The molecule has 1 fully saturated rings. The van der Waals surface area contributed by atoms with Crippen LogP contribution in [0.25, 0.3) is 0 Å². The highest BCUT2D eigenvalue weighted by Gasteiger charge is 2.25. The molecule has 0 N–H and O–H groups in total. The lowest BCUT2D eigenvalue weighted by Crippen LogP contribution is -2.26. The highest BCUT2D eigenvalue weighted by Crippen LogP contribution is 2.32. The van der Waals surface area contributed by atoms with Gasteiger partial charge < -0.3 is 4.90 Å². The van der Waals surface area contributed by atoms with Crippen LogP contribution in [-0.2, 0) is 0 Å². The van der Waals surface area contributed by atoms with E-state index in [1.807, 2.05) is 13.0 Å². The maximum absolute atomic E-state index is 13.4. The standard InChI is InChI=1S/C13H16FNO/c1-2-15(8-10-6-7-10)13-5-3-4-12(14)11(13)9-16/h3-5,9-10H,2,6-8H2,1H3. The molecule has 0 unspecified atom stereocenters. The van der Waals surface area contributed by atoms with Crippen LogP contribution in [0.2, 0.25) is 0 Å². The molecule has 0 aliphatic heterocycles. The molecular formula is C13H16FNO. The van der Waals surface area contributed by atoms with Crippen LogP contribution in [0.5, 0.6) is 0 Å². The van der Waals surface area contributed by atoms with Gasteiger partial charge in [-0.05, 0) is 37.8 Å². The number of rotatable bonds is 5. The van der Waals surface area contributed by atoms with Gasteiger partial charge in [0.1, 0.15) is 5.82 Å². The Kier molecular flexibility index (Phi) is 3.22. The molecule has 3 heteroatoms. The van der Waals surface area contributed by atoms with Crippen LogP contribution in [0.4, 0.5) is 10.1 Å². The maximum atomic E-state index is 13.4. The minimum absolute atomic E-state index is 0.185. The third-order valence-corrected chi connectivity index (χ3v) is 3.05. The highest BCUT2D eigenvalue weighted by atomic mass is 19.1. The molecule has 2 rings (SSSR count). The van der Waals surface area contributed by atoms with E-state index >= 15 is 0 Å². The molecule has 1 saturated carbocycles. The van der Waals surface area contributed by atoms with Gasteiger partial charge in [0, 0.05) is 13.1 Å². The van der Waals surface area contributed by atoms with Gasteiger partial charge in [-0.15, -0.1) is 0 Å². The average molecular weight is 221 g/mol. The van der Waals surface area contributed by atoms with E-state index in [4.69, 9.17) is 0 Å². The Balaban J connectivity index is 2.28. The van der Waals surface area contributed by atoms with Gasteiger partial charge in [-0.3, -0.25) is 4.79 Å². The van der Waals surface area contributed by atoms with Crippen molar-refractivity contribution in [3.05, 3.63) is 29.6 Å². The minimum Gasteiger partial charge on any atom is -0.371 e. The second kappa shape index (κ2) is 4.64. The normalized spacial score (nSPS) is 14.9. The van der Waals surface area contributed by atoms with E-state index in [0.29, 0.717) is 6.29 Å². The van der Waals surface area contributed by atoms with Crippen molar-refractivity contribution in [2.75, 3.05) is 18.0 Å². The number of hydrogen-bond acceptors (Lipinski definition) is 2. The van der Waals surface area contributed by atoms with Crippen LogP contribution in [0, 0.1) is 11.7 Å². The number of anilines is 1. The van der Waals surface area contributed by atoms with Crippen LogP contribution in [0.1, 0.15) is 30.1 Å². The first-order valence-corrected chi connectivity index (χ1v) is 5.75. The molecule has 1 aromatic carbocycles. The fourth-order valence-corrected chi connectivity index (χ4v) is 1.93. The lowest BCUT2D eigenvalue weighted by Gasteiger charge is -2.24. The molecule has 0 spiro atoms. The smallest absolute Gasteiger partial charge is 0.155 e. The summed E-state index contributed by atoms with van der Waals surface area (Å²) in [5.41, 5.74) is 0.911. The van der Waals surface area contributed by atoms with E-state index < -0.39 is 5.82 Å². The predicted octanol–water partition coefficient (Wildman–Crippen LogP) is 2.87. The molecule has 1 aliphatic rings. The van der Waals surface area contributed by atoms with Crippen molar-refractivity contribution < 1.29 is 9.18 Å². The van der Waals surface area contributed by atoms with Crippen LogP contribution in [0.3, 0.4) is 0 Å². The molecule has 0 atom stereocenters. The second-order valence-electron chi connectivity index (χ2n) is 4.27. The first-order chi connectivity index (χ1) is 7.76. The summed E-state index contributed by atoms with van der Waals surface area (Å²) < 4.78 is 13.4. The molecule has 0 amide bonds. The van der Waals surface area contributed by atoms with E-state index in [1.54, 1.807) is 6.07 Å². The minimum atomic E-state index is -0.429. The van der Waals surface area contributed by atoms with Crippen LogP contribution < -0.4 is 4.90 Å². The SMILES string of the molecule is CCN(CC1CC1)c1cccc(F)c1C=O. The van der Waals surface area contributed by atoms with E-state index in [-0.39, 0.29) is 5.56 Å². The van der Waals surface area contributed by atoms with Gasteiger partial charge in [0.05, 0.1) is 11.3 Å². The number of carbonyl (C=O) groups is 1. The number of halogens is 1. The number of carbonyl (C=O) groups excluding carboxylic acids is 1. The van der Waals surface area contributed by atoms with Crippen molar-refractivity contribution >= 4 is 12.0 Å². The molecule has 2 nitrogen and oxygen atoms in total. The third kappa shape index (κ3) is 2.23. The number of benzene rings is 1. The van der Waals surface area contributed by atoms with Crippen LogP contribution in [0.15, 0.2) is 18.2 Å². The fourth-order valence-electron chi connectivity index (χ4n) is 1.93. The summed E-state index contributed by atoms with van der Waals surface area (Å²) >= 11 is 0. The molecule has 0 aromatic heterocycles. The molecule has 1 aromatic rings. The van der Waals surface area contributed by atoms with Crippen molar-refractivity contribution in [2.45, 2.75) is 19.8 Å². The average Bonchev–Trinajstić information content (AvgIpc) is 3.09. The summed E-state index contributed by atoms with van der Waals surface area (Å²) in [5.74, 6) is 0.296. The highest BCUT2D eigenvalue weighted by molar-refractivity contribution is 5.85. The Morgan fingerprint density at radius 2 is 2.25 bits per heavy atom. The lowest BCUT2D eigenvalue weighted by atomic mass is 10.1. The lowest BCUT2D eigenvalue weighted by molar-refractivity contribution is 0.112. The largest absolute Gasteiger partial charge is 0.371 e. The molecule has 0 saturated heterocycles. The second-order valence-corrected chi connectivity index (χ2v) is 4.27. The van der Waals surface area contributed by atoms with Gasteiger partial charge >= 0.3 is 0 Å². The molecule has 1 aliphatic carbocycles. The molecule has 0 bridgehead atoms. The summed E-state index contributed by atoms with van der Waals surface area (Å²) in [6.45, 7) is 3.77. The van der Waals surface area contributed by atoms with E-state index in [0.717, 1.165) is 24.7 Å². The van der Waals surface area contributed by atoms with Crippen molar-refractivity contribution in [2.24, 2.45) is 5.92 Å². The van der Waals surface area contributed by atoms with Crippen molar-refractivity contribution in [3.8, 4) is 0 Å². The Labute approximate surface area is 95.1 Å². The van der Waals surface area contributed by atoms with E-state index in [1.165, 1.54) is 18.9 Å². The quantitative estimate of drug-likeness (QED) is 0.712. The van der Waals surface area contributed by atoms with Gasteiger partial charge in [-0.2, -0.15) is 0 Å². The summed E-state index contributed by atoms with van der Waals surface area (Å²) in [7, 11) is 0. The van der Waals surface area contributed by atoms with Gasteiger partial charge in [0.15, 0.2) is 6.29 Å². The third-order valence-electron chi connectivity index (χ3n) is 3.05. The van der Waals surface area contributed by atoms with E-state index in [2.05, 4.69) is 4.90 Å². The number of nitrogens with zero attached hydrogens (tertiary/aromatic N) is 1. The molecule has 86 valence electrons. The fraction of sp³-hybridized carbons (Fsp3) is 0.462. The van der Waals surface area contributed by atoms with Crippen LogP contribution >= 0.6 is 0 Å². The van der Waals surface area contributed by atoms with Crippen molar-refractivity contribution in [1.82, 2.24) is 0 Å². The summed E-state index contributed by atoms with van der Waals surface area (Å²) in [4.78, 5) is 13.0. The number of aldehydes is 1. The van der Waals surface area contributed by atoms with Crippen LogP contribution in [-0.4, -0.2) is 19.4 Å². The van der Waals surface area contributed by atoms with Crippen molar-refractivity contribution in [3.63, 3.8) is 0 Å². The maximum Gasteiger partial charge on any atom is 0.155 e. The topological polar surface area (TPSA) is 20.3 Å². The summed E-state index contributed by atoms with van der Waals surface area (Å²) in [6, 6.07) is 4.81.